The average Bonchev–Trinajstić information content (AvgIpc) is 2.94. The Labute approximate surface area is 114 Å². The molecule has 0 unspecified atom stereocenters. The van der Waals surface area contributed by atoms with Crippen molar-refractivity contribution in [3.63, 3.8) is 0 Å². The van der Waals surface area contributed by atoms with Crippen molar-refractivity contribution in [1.29, 1.82) is 0 Å². The lowest BCUT2D eigenvalue weighted by Gasteiger charge is -1.94. The van der Waals surface area contributed by atoms with Crippen molar-refractivity contribution in [1.82, 2.24) is 14.6 Å². The van der Waals surface area contributed by atoms with Crippen LogP contribution in [0.25, 0.3) is 15.7 Å². The van der Waals surface area contributed by atoms with Gasteiger partial charge in [-0.25, -0.2) is 0 Å². The van der Waals surface area contributed by atoms with Crippen molar-refractivity contribution in [2.45, 2.75) is 6.92 Å². The number of aryl methyl sites for hydroxylation is 1. The number of aromatic nitrogens is 3. The molecule has 0 bridgehead atoms. The molecule has 0 aromatic carbocycles. The molecule has 0 aliphatic heterocycles. The Morgan fingerprint density at radius 1 is 1.50 bits per heavy atom. The highest BCUT2D eigenvalue weighted by Crippen LogP contribution is 2.27. The van der Waals surface area contributed by atoms with Gasteiger partial charge in [0.1, 0.15) is 5.76 Å². The van der Waals surface area contributed by atoms with Gasteiger partial charge in [-0.15, -0.1) is 5.10 Å². The Hall–Kier alpha value is -2.75. The number of nitro groups is 1. The van der Waals surface area contributed by atoms with Crippen molar-refractivity contribution in [3.8, 4) is 10.8 Å². The van der Waals surface area contributed by atoms with Crippen molar-refractivity contribution in [2.24, 2.45) is 0 Å². The van der Waals surface area contributed by atoms with Gasteiger partial charge in [0.25, 0.3) is 0 Å². The molecule has 0 saturated heterocycles. The van der Waals surface area contributed by atoms with Gasteiger partial charge in [0.2, 0.25) is 10.8 Å². The van der Waals surface area contributed by atoms with Crippen LogP contribution in [-0.2, 0) is 0 Å². The van der Waals surface area contributed by atoms with Crippen LogP contribution in [0.1, 0.15) is 5.76 Å². The van der Waals surface area contributed by atoms with E-state index in [4.69, 9.17) is 10.2 Å². The van der Waals surface area contributed by atoms with Gasteiger partial charge in [0.05, 0.1) is 4.92 Å². The number of nitrogen functional groups attached to an aromatic ring is 1. The van der Waals surface area contributed by atoms with E-state index >= 15 is 0 Å². The average molecular weight is 293 g/mol. The van der Waals surface area contributed by atoms with Crippen LogP contribution in [-0.4, -0.2) is 19.5 Å². The Balaban J connectivity index is 2.29. The molecule has 0 atom stereocenters. The smallest absolute Gasteiger partial charge is 0.377 e. The second-order valence-corrected chi connectivity index (χ2v) is 4.88. The number of nitrogens with two attached hydrogens (primary N) is 1. The van der Waals surface area contributed by atoms with Crippen LogP contribution in [0, 0.1) is 17.0 Å². The summed E-state index contributed by atoms with van der Waals surface area (Å²) in [5, 5.41) is 15.2. The van der Waals surface area contributed by atoms with Crippen molar-refractivity contribution in [2.75, 3.05) is 5.73 Å². The summed E-state index contributed by atoms with van der Waals surface area (Å²) in [4.78, 5) is 25.9. The number of furan rings is 1. The molecule has 102 valence electrons. The zero-order valence-corrected chi connectivity index (χ0v) is 10.9. The maximum Gasteiger partial charge on any atom is 0.377 e. The summed E-state index contributed by atoms with van der Waals surface area (Å²) < 4.78 is 6.24. The minimum absolute atomic E-state index is 0.169. The lowest BCUT2D eigenvalue weighted by Crippen LogP contribution is -2.20. The third kappa shape index (κ3) is 1.73. The molecule has 0 aliphatic rings. The molecule has 0 spiro atoms. The third-order valence-electron chi connectivity index (χ3n) is 2.55. The molecule has 20 heavy (non-hydrogen) atoms. The normalized spacial score (nSPS) is 11.1. The molecule has 2 N–H and O–H groups in total. The van der Waals surface area contributed by atoms with Crippen LogP contribution in [0.4, 0.5) is 11.5 Å². The first-order chi connectivity index (χ1) is 9.47. The van der Waals surface area contributed by atoms with E-state index in [1.165, 1.54) is 0 Å². The van der Waals surface area contributed by atoms with Gasteiger partial charge in [0, 0.05) is 0 Å². The third-order valence-corrected chi connectivity index (χ3v) is 3.47. The SMILES string of the molecule is Cc1ccc(-c2nn3c(=O)c([N+](=O)[O-])c(N)nc3s2)o1. The van der Waals surface area contributed by atoms with Crippen LogP contribution in [0.5, 0.6) is 0 Å². The fourth-order valence-electron chi connectivity index (χ4n) is 1.67. The van der Waals surface area contributed by atoms with Crippen molar-refractivity contribution >= 4 is 27.8 Å². The first kappa shape index (κ1) is 12.3. The fourth-order valence-corrected chi connectivity index (χ4v) is 2.53. The number of rotatable bonds is 2. The van der Waals surface area contributed by atoms with E-state index in [-0.39, 0.29) is 4.96 Å². The number of anilines is 1. The fraction of sp³-hybridized carbons (Fsp3) is 0.100. The van der Waals surface area contributed by atoms with Crippen LogP contribution >= 0.6 is 11.3 Å². The summed E-state index contributed by atoms with van der Waals surface area (Å²) in [7, 11) is 0. The van der Waals surface area contributed by atoms with Crippen LogP contribution in [0.15, 0.2) is 21.3 Å². The van der Waals surface area contributed by atoms with Gasteiger partial charge < -0.3 is 10.2 Å². The predicted molar refractivity (Wildman–Crippen MR) is 70.6 cm³/mol. The molecule has 10 heteroatoms. The molecule has 9 nitrogen and oxygen atoms in total. The summed E-state index contributed by atoms with van der Waals surface area (Å²) in [6.07, 6.45) is 0. The lowest BCUT2D eigenvalue weighted by molar-refractivity contribution is -0.385. The van der Waals surface area contributed by atoms with E-state index in [1.54, 1.807) is 19.1 Å². The van der Waals surface area contributed by atoms with Crippen molar-refractivity contribution in [3.05, 3.63) is 38.4 Å². The van der Waals surface area contributed by atoms with E-state index in [1.807, 2.05) is 0 Å². The molecule has 0 aliphatic carbocycles. The Bertz CT molecular complexity index is 893. The second-order valence-electron chi connectivity index (χ2n) is 3.92. The Morgan fingerprint density at radius 3 is 2.85 bits per heavy atom. The van der Waals surface area contributed by atoms with Gasteiger partial charge in [-0.05, 0) is 19.1 Å². The Morgan fingerprint density at radius 2 is 2.25 bits per heavy atom. The lowest BCUT2D eigenvalue weighted by atomic mass is 10.4. The monoisotopic (exact) mass is 293 g/mol. The predicted octanol–water partition coefficient (Wildman–Crippen LogP) is 1.21. The largest absolute Gasteiger partial charge is 0.459 e. The van der Waals surface area contributed by atoms with E-state index in [0.717, 1.165) is 15.9 Å². The van der Waals surface area contributed by atoms with Crippen LogP contribution in [0.3, 0.4) is 0 Å². The maximum absolute atomic E-state index is 12.0. The van der Waals surface area contributed by atoms with E-state index in [0.29, 0.717) is 16.5 Å². The maximum atomic E-state index is 12.0. The molecule has 3 aromatic heterocycles. The standard InChI is InChI=1S/C10H7N5O4S/c1-4-2-3-5(19-4)8-13-14-9(16)6(15(17)18)7(11)12-10(14)20-8/h2-3H,11H2,1H3. The summed E-state index contributed by atoms with van der Waals surface area (Å²) in [5.74, 6) is 0.717. The highest BCUT2D eigenvalue weighted by Gasteiger charge is 2.24. The minimum atomic E-state index is -0.914. The number of hydrogen-bond acceptors (Lipinski definition) is 8. The highest BCUT2D eigenvalue weighted by atomic mass is 32.1. The van der Waals surface area contributed by atoms with Gasteiger partial charge in [0.15, 0.2) is 10.8 Å². The van der Waals surface area contributed by atoms with Gasteiger partial charge in [-0.1, -0.05) is 11.3 Å². The molecule has 0 amide bonds. The summed E-state index contributed by atoms with van der Waals surface area (Å²) >= 11 is 1.06. The summed E-state index contributed by atoms with van der Waals surface area (Å²) in [6.45, 7) is 1.77. The number of fused-ring (bicyclic) bond motifs is 1. The first-order valence-corrected chi connectivity index (χ1v) is 6.19. The molecule has 3 rings (SSSR count). The zero-order chi connectivity index (χ0) is 14.4. The van der Waals surface area contributed by atoms with E-state index in [9.17, 15) is 14.9 Å². The second kappa shape index (κ2) is 4.13. The topological polar surface area (TPSA) is 130 Å². The van der Waals surface area contributed by atoms with Crippen molar-refractivity contribution < 1.29 is 9.34 Å². The molecule has 3 heterocycles. The summed E-state index contributed by atoms with van der Waals surface area (Å²) in [5.41, 5.74) is 3.73. The van der Waals surface area contributed by atoms with E-state index in [2.05, 4.69) is 10.1 Å². The van der Waals surface area contributed by atoms with Crippen LogP contribution < -0.4 is 11.3 Å². The molecule has 0 radical (unpaired) electrons. The molecule has 0 saturated carbocycles. The molecular formula is C10H7N5O4S. The minimum Gasteiger partial charge on any atom is -0.459 e. The quantitative estimate of drug-likeness (QED) is 0.555. The number of nitrogens with zero attached hydrogens (tertiary/aromatic N) is 4. The van der Waals surface area contributed by atoms with Gasteiger partial charge in [-0.3, -0.25) is 14.9 Å². The molecule has 0 fully saturated rings. The number of hydrogen-bond donors (Lipinski definition) is 1. The molecule has 3 aromatic rings. The molecular weight excluding hydrogens is 286 g/mol. The van der Waals surface area contributed by atoms with Gasteiger partial charge >= 0.3 is 11.2 Å². The Kier molecular flexibility index (Phi) is 2.54. The van der Waals surface area contributed by atoms with E-state index < -0.39 is 22.0 Å². The summed E-state index contributed by atoms with van der Waals surface area (Å²) in [6, 6.07) is 3.43. The van der Waals surface area contributed by atoms with Crippen LogP contribution in [0.2, 0.25) is 0 Å². The first-order valence-electron chi connectivity index (χ1n) is 5.38. The van der Waals surface area contributed by atoms with Gasteiger partial charge in [-0.2, -0.15) is 9.50 Å². The zero-order valence-electron chi connectivity index (χ0n) is 10.1. The highest BCUT2D eigenvalue weighted by molar-refractivity contribution is 7.19.